The Labute approximate surface area is 103 Å². The SMILES string of the molecule is O=S(=O)(Cl)C1(c2ccc(Cl)cc2Cl)CC1. The van der Waals surface area contributed by atoms with E-state index in [9.17, 15) is 8.42 Å². The molecule has 1 aliphatic rings. The van der Waals surface area contributed by atoms with Gasteiger partial charge in [0, 0.05) is 20.7 Å². The second kappa shape index (κ2) is 3.52. The first-order valence-electron chi connectivity index (χ1n) is 4.26. The molecule has 0 aliphatic heterocycles. The van der Waals surface area contributed by atoms with Crippen molar-refractivity contribution in [3.63, 3.8) is 0 Å². The van der Waals surface area contributed by atoms with Crippen molar-refractivity contribution in [2.24, 2.45) is 0 Å². The lowest BCUT2D eigenvalue weighted by Crippen LogP contribution is -2.15. The molecule has 0 spiro atoms. The molecule has 2 rings (SSSR count). The molecular weight excluding hydrogens is 279 g/mol. The molecule has 1 aliphatic carbocycles. The predicted octanol–water partition coefficient (Wildman–Crippen LogP) is 3.55. The van der Waals surface area contributed by atoms with Gasteiger partial charge in [-0.15, -0.1) is 0 Å². The Kier molecular flexibility index (Phi) is 2.70. The van der Waals surface area contributed by atoms with Gasteiger partial charge in [0.2, 0.25) is 9.05 Å². The third-order valence-corrected chi connectivity index (χ3v) is 5.59. The maximum atomic E-state index is 11.4. The highest BCUT2D eigenvalue weighted by molar-refractivity contribution is 8.14. The maximum Gasteiger partial charge on any atom is 0.242 e. The van der Waals surface area contributed by atoms with Gasteiger partial charge in [-0.1, -0.05) is 29.3 Å². The van der Waals surface area contributed by atoms with Crippen LogP contribution in [-0.4, -0.2) is 8.42 Å². The summed E-state index contributed by atoms with van der Waals surface area (Å²) in [6.07, 6.45) is 1.03. The Balaban J connectivity index is 2.56. The highest BCUT2D eigenvalue weighted by Crippen LogP contribution is 2.56. The van der Waals surface area contributed by atoms with Crippen LogP contribution in [0.4, 0.5) is 0 Å². The van der Waals surface area contributed by atoms with Crippen LogP contribution in [-0.2, 0) is 13.8 Å². The van der Waals surface area contributed by atoms with Crippen molar-refractivity contribution in [2.45, 2.75) is 17.6 Å². The summed E-state index contributed by atoms with van der Waals surface area (Å²) < 4.78 is 21.9. The first kappa shape index (κ1) is 11.5. The van der Waals surface area contributed by atoms with Crippen LogP contribution in [0.15, 0.2) is 18.2 Å². The topological polar surface area (TPSA) is 34.1 Å². The van der Waals surface area contributed by atoms with Gasteiger partial charge in [-0.25, -0.2) is 8.42 Å². The van der Waals surface area contributed by atoms with Crippen LogP contribution in [0.1, 0.15) is 18.4 Å². The van der Waals surface area contributed by atoms with Crippen molar-refractivity contribution in [2.75, 3.05) is 0 Å². The largest absolute Gasteiger partial charge is 0.242 e. The highest BCUT2D eigenvalue weighted by Gasteiger charge is 2.56. The molecule has 0 N–H and O–H groups in total. The molecule has 6 heteroatoms. The van der Waals surface area contributed by atoms with Gasteiger partial charge in [-0.2, -0.15) is 0 Å². The van der Waals surface area contributed by atoms with Crippen molar-refractivity contribution >= 4 is 42.9 Å². The molecule has 1 aromatic carbocycles. The van der Waals surface area contributed by atoms with E-state index >= 15 is 0 Å². The van der Waals surface area contributed by atoms with E-state index in [4.69, 9.17) is 33.9 Å². The molecule has 1 saturated carbocycles. The minimum absolute atomic E-state index is 0.351. The number of rotatable bonds is 2. The molecule has 0 amide bonds. The van der Waals surface area contributed by atoms with Crippen molar-refractivity contribution in [3.05, 3.63) is 33.8 Å². The fraction of sp³-hybridized carbons (Fsp3) is 0.333. The zero-order valence-corrected chi connectivity index (χ0v) is 10.6. The molecule has 2 nitrogen and oxygen atoms in total. The van der Waals surface area contributed by atoms with E-state index in [1.165, 1.54) is 6.07 Å². The van der Waals surface area contributed by atoms with Crippen LogP contribution < -0.4 is 0 Å². The van der Waals surface area contributed by atoms with Crippen LogP contribution in [0, 0.1) is 0 Å². The molecule has 1 fully saturated rings. The van der Waals surface area contributed by atoms with Crippen molar-refractivity contribution < 1.29 is 8.42 Å². The molecule has 0 unspecified atom stereocenters. The van der Waals surface area contributed by atoms with Crippen molar-refractivity contribution in [1.29, 1.82) is 0 Å². The fourth-order valence-electron chi connectivity index (χ4n) is 1.62. The quantitative estimate of drug-likeness (QED) is 0.779. The molecule has 0 bridgehead atoms. The van der Waals surface area contributed by atoms with E-state index in [2.05, 4.69) is 0 Å². The first-order chi connectivity index (χ1) is 6.87. The predicted molar refractivity (Wildman–Crippen MR) is 62.1 cm³/mol. The van der Waals surface area contributed by atoms with Gasteiger partial charge in [-0.05, 0) is 30.5 Å². The molecule has 0 radical (unpaired) electrons. The molecular formula is C9H7Cl3O2S. The third kappa shape index (κ3) is 1.86. The average Bonchev–Trinajstić information content (AvgIpc) is 2.83. The fourth-order valence-corrected chi connectivity index (χ4v) is 4.01. The third-order valence-electron chi connectivity index (χ3n) is 2.59. The summed E-state index contributed by atoms with van der Waals surface area (Å²) in [7, 11) is 1.78. The van der Waals surface area contributed by atoms with Gasteiger partial charge in [0.05, 0.1) is 0 Å². The Morgan fingerprint density at radius 1 is 1.20 bits per heavy atom. The standard InChI is InChI=1S/C9H7Cl3O2S/c10-6-1-2-7(8(11)5-6)9(3-4-9)15(12,13)14/h1-2,5H,3-4H2. The summed E-state index contributed by atoms with van der Waals surface area (Å²) in [5, 5.41) is 0.829. The summed E-state index contributed by atoms with van der Waals surface area (Å²) in [5.74, 6) is 0. The van der Waals surface area contributed by atoms with Crippen LogP contribution in [0.25, 0.3) is 0 Å². The van der Waals surface area contributed by atoms with E-state index in [0.717, 1.165) is 0 Å². The minimum atomic E-state index is -3.63. The lowest BCUT2D eigenvalue weighted by atomic mass is 10.1. The normalized spacial score (nSPS) is 18.9. The molecule has 15 heavy (non-hydrogen) atoms. The molecule has 1 aromatic rings. The number of halogens is 3. The highest BCUT2D eigenvalue weighted by atomic mass is 35.7. The Hall–Kier alpha value is 0.0400. The second-order valence-corrected chi connectivity index (χ2v) is 7.28. The van der Waals surface area contributed by atoms with Gasteiger partial charge >= 0.3 is 0 Å². The number of hydrogen-bond acceptors (Lipinski definition) is 2. The van der Waals surface area contributed by atoms with Gasteiger partial charge in [0.1, 0.15) is 4.75 Å². The van der Waals surface area contributed by atoms with E-state index < -0.39 is 13.8 Å². The first-order valence-corrected chi connectivity index (χ1v) is 7.33. The van der Waals surface area contributed by atoms with Crippen LogP contribution in [0.5, 0.6) is 0 Å². The second-order valence-electron chi connectivity index (χ2n) is 3.56. The Bertz CT molecular complexity index is 506. The zero-order valence-electron chi connectivity index (χ0n) is 7.50. The van der Waals surface area contributed by atoms with Crippen LogP contribution in [0.3, 0.4) is 0 Å². The monoisotopic (exact) mass is 284 g/mol. The molecule has 0 heterocycles. The van der Waals surface area contributed by atoms with E-state index in [0.29, 0.717) is 28.5 Å². The Morgan fingerprint density at radius 3 is 2.20 bits per heavy atom. The molecule has 0 aromatic heterocycles. The van der Waals surface area contributed by atoms with Gasteiger partial charge in [-0.3, -0.25) is 0 Å². The summed E-state index contributed by atoms with van der Waals surface area (Å²) in [5.41, 5.74) is 0.545. The van der Waals surface area contributed by atoms with Crippen molar-refractivity contribution in [1.82, 2.24) is 0 Å². The Morgan fingerprint density at radius 2 is 1.80 bits per heavy atom. The lowest BCUT2D eigenvalue weighted by Gasteiger charge is -2.13. The zero-order chi connectivity index (χ0) is 11.3. The summed E-state index contributed by atoms with van der Waals surface area (Å²) in [6.45, 7) is 0. The van der Waals surface area contributed by atoms with E-state index in [1.54, 1.807) is 12.1 Å². The van der Waals surface area contributed by atoms with Crippen molar-refractivity contribution in [3.8, 4) is 0 Å². The van der Waals surface area contributed by atoms with Gasteiger partial charge < -0.3 is 0 Å². The number of benzene rings is 1. The maximum absolute atomic E-state index is 11.4. The van der Waals surface area contributed by atoms with Crippen LogP contribution >= 0.6 is 33.9 Å². The molecule has 82 valence electrons. The molecule has 0 saturated heterocycles. The number of hydrogen-bond donors (Lipinski definition) is 0. The average molecular weight is 286 g/mol. The summed E-state index contributed by atoms with van der Waals surface area (Å²) in [6, 6.07) is 4.77. The summed E-state index contributed by atoms with van der Waals surface area (Å²) >= 11 is 11.7. The smallest absolute Gasteiger partial charge is 0.211 e. The van der Waals surface area contributed by atoms with Crippen LogP contribution in [0.2, 0.25) is 10.0 Å². The van der Waals surface area contributed by atoms with Gasteiger partial charge in [0.15, 0.2) is 0 Å². The van der Waals surface area contributed by atoms with E-state index in [-0.39, 0.29) is 0 Å². The minimum Gasteiger partial charge on any atom is -0.211 e. The molecule has 0 atom stereocenters. The lowest BCUT2D eigenvalue weighted by molar-refractivity contribution is 0.595. The van der Waals surface area contributed by atoms with Gasteiger partial charge in [0.25, 0.3) is 0 Å². The van der Waals surface area contributed by atoms with E-state index in [1.807, 2.05) is 0 Å². The summed E-state index contributed by atoms with van der Waals surface area (Å²) in [4.78, 5) is 0.